The van der Waals surface area contributed by atoms with E-state index in [1.54, 1.807) is 44.5 Å². The van der Waals surface area contributed by atoms with Crippen molar-refractivity contribution in [2.75, 3.05) is 32.6 Å². The zero-order valence-corrected chi connectivity index (χ0v) is 16.5. The third kappa shape index (κ3) is 6.58. The Balaban J connectivity index is 1.81. The van der Waals surface area contributed by atoms with Crippen molar-refractivity contribution in [1.29, 1.82) is 0 Å². The van der Waals surface area contributed by atoms with Gasteiger partial charge in [-0.3, -0.25) is 9.59 Å². The van der Waals surface area contributed by atoms with Gasteiger partial charge in [0.05, 0.1) is 20.2 Å². The second-order valence-electron chi connectivity index (χ2n) is 6.40. The van der Waals surface area contributed by atoms with Gasteiger partial charge in [-0.2, -0.15) is 0 Å². The molecule has 0 radical (unpaired) electrons. The summed E-state index contributed by atoms with van der Waals surface area (Å²) in [4.78, 5) is 25.2. The second kappa shape index (κ2) is 9.94. The predicted molar refractivity (Wildman–Crippen MR) is 106 cm³/mol. The molecule has 2 aromatic rings. The Morgan fingerprint density at radius 2 is 1.81 bits per heavy atom. The highest BCUT2D eigenvalue weighted by Gasteiger charge is 2.17. The molecule has 2 aromatic carbocycles. The lowest BCUT2D eigenvalue weighted by atomic mass is 10.1. The standard InChI is InChI=1S/C20H24ClN3O3/c1-14(17-9-4-5-10-18(17)21)22-19(25)12-24(2)13-20(26)23-15-7-6-8-16(11-15)27-3/h4-11,14H,12-13H2,1-3H3,(H,22,25)(H,23,26)/p+1/t14-/m0/s1. The molecule has 0 aliphatic carbocycles. The average Bonchev–Trinajstić information content (AvgIpc) is 2.61. The lowest BCUT2D eigenvalue weighted by Crippen LogP contribution is -3.11. The first-order chi connectivity index (χ1) is 12.9. The van der Waals surface area contributed by atoms with Gasteiger partial charge in [0.2, 0.25) is 0 Å². The van der Waals surface area contributed by atoms with Gasteiger partial charge in [-0.1, -0.05) is 35.9 Å². The molecule has 0 heterocycles. The van der Waals surface area contributed by atoms with E-state index in [4.69, 9.17) is 16.3 Å². The number of rotatable bonds is 8. The summed E-state index contributed by atoms with van der Waals surface area (Å²) in [5.74, 6) is 0.350. The molecule has 2 atom stereocenters. The number of quaternary nitrogens is 1. The van der Waals surface area contributed by atoms with E-state index >= 15 is 0 Å². The van der Waals surface area contributed by atoms with Gasteiger partial charge in [0.15, 0.2) is 13.1 Å². The Morgan fingerprint density at radius 1 is 1.11 bits per heavy atom. The van der Waals surface area contributed by atoms with E-state index in [1.807, 2.05) is 25.1 Å². The average molecular weight is 391 g/mol. The molecule has 0 fully saturated rings. The van der Waals surface area contributed by atoms with Gasteiger partial charge >= 0.3 is 0 Å². The van der Waals surface area contributed by atoms with Crippen LogP contribution in [0.1, 0.15) is 18.5 Å². The maximum absolute atomic E-state index is 12.2. The van der Waals surface area contributed by atoms with Gasteiger partial charge < -0.3 is 20.3 Å². The zero-order valence-electron chi connectivity index (χ0n) is 15.7. The van der Waals surface area contributed by atoms with Crippen molar-refractivity contribution >= 4 is 29.1 Å². The Labute approximate surface area is 164 Å². The normalized spacial score (nSPS) is 12.7. The van der Waals surface area contributed by atoms with Gasteiger partial charge in [-0.15, -0.1) is 0 Å². The molecular weight excluding hydrogens is 366 g/mol. The molecule has 2 rings (SSSR count). The number of amides is 2. The topological polar surface area (TPSA) is 71.9 Å². The summed E-state index contributed by atoms with van der Waals surface area (Å²) in [6.45, 7) is 2.23. The number of hydrogen-bond acceptors (Lipinski definition) is 3. The Hall–Kier alpha value is -2.57. The van der Waals surface area contributed by atoms with E-state index in [-0.39, 0.29) is 30.9 Å². The number of hydrogen-bond donors (Lipinski definition) is 3. The fourth-order valence-corrected chi connectivity index (χ4v) is 3.01. The number of halogens is 1. The molecule has 7 heteroatoms. The first kappa shape index (κ1) is 20.7. The van der Waals surface area contributed by atoms with Gasteiger partial charge in [-0.25, -0.2) is 0 Å². The maximum Gasteiger partial charge on any atom is 0.279 e. The van der Waals surface area contributed by atoms with Crippen LogP contribution in [0.3, 0.4) is 0 Å². The summed E-state index contributed by atoms with van der Waals surface area (Å²) in [6.07, 6.45) is 0. The molecule has 0 aliphatic heterocycles. The van der Waals surface area contributed by atoms with Crippen LogP contribution >= 0.6 is 11.6 Å². The lowest BCUT2D eigenvalue weighted by molar-refractivity contribution is -0.862. The highest BCUT2D eigenvalue weighted by Crippen LogP contribution is 2.21. The zero-order chi connectivity index (χ0) is 19.8. The molecule has 0 aromatic heterocycles. The number of carbonyl (C=O) groups excluding carboxylic acids is 2. The van der Waals surface area contributed by atoms with Crippen LogP contribution in [0, 0.1) is 0 Å². The molecule has 1 unspecified atom stereocenters. The van der Waals surface area contributed by atoms with E-state index in [0.717, 1.165) is 10.5 Å². The van der Waals surface area contributed by atoms with E-state index in [2.05, 4.69) is 10.6 Å². The van der Waals surface area contributed by atoms with Crippen LogP contribution in [0.2, 0.25) is 5.02 Å². The third-order valence-electron chi connectivity index (χ3n) is 4.03. The molecule has 6 nitrogen and oxygen atoms in total. The van der Waals surface area contributed by atoms with E-state index < -0.39 is 0 Å². The van der Waals surface area contributed by atoms with Crippen molar-refractivity contribution in [3.05, 3.63) is 59.1 Å². The summed E-state index contributed by atoms with van der Waals surface area (Å²) in [7, 11) is 3.37. The van der Waals surface area contributed by atoms with Crippen LogP contribution < -0.4 is 20.3 Å². The van der Waals surface area contributed by atoms with E-state index in [1.165, 1.54) is 0 Å². The van der Waals surface area contributed by atoms with Crippen LogP contribution in [0.5, 0.6) is 5.75 Å². The predicted octanol–water partition coefficient (Wildman–Crippen LogP) is 1.68. The van der Waals surface area contributed by atoms with Crippen LogP contribution in [0.15, 0.2) is 48.5 Å². The number of nitrogens with one attached hydrogen (secondary N) is 3. The van der Waals surface area contributed by atoms with Gasteiger partial charge in [0.25, 0.3) is 11.8 Å². The molecule has 0 bridgehead atoms. The van der Waals surface area contributed by atoms with Crippen LogP contribution in [0.25, 0.3) is 0 Å². The van der Waals surface area contributed by atoms with Crippen LogP contribution in [-0.4, -0.2) is 39.1 Å². The fraction of sp³-hybridized carbons (Fsp3) is 0.300. The lowest BCUT2D eigenvalue weighted by Gasteiger charge is -2.18. The first-order valence-electron chi connectivity index (χ1n) is 8.68. The molecule has 2 amide bonds. The minimum atomic E-state index is -0.204. The first-order valence-corrected chi connectivity index (χ1v) is 9.06. The number of likely N-dealkylation sites (N-methyl/N-ethyl adjacent to an activating group) is 1. The Kier molecular flexibility index (Phi) is 7.64. The second-order valence-corrected chi connectivity index (χ2v) is 6.81. The summed E-state index contributed by atoms with van der Waals surface area (Å²) in [5, 5.41) is 6.33. The van der Waals surface area contributed by atoms with Crippen molar-refractivity contribution in [3.8, 4) is 5.75 Å². The van der Waals surface area contributed by atoms with E-state index in [0.29, 0.717) is 16.5 Å². The Morgan fingerprint density at radius 3 is 2.52 bits per heavy atom. The highest BCUT2D eigenvalue weighted by atomic mass is 35.5. The molecule has 3 N–H and O–H groups in total. The van der Waals surface area contributed by atoms with E-state index in [9.17, 15) is 9.59 Å². The number of methoxy groups -OCH3 is 1. The monoisotopic (exact) mass is 390 g/mol. The highest BCUT2D eigenvalue weighted by molar-refractivity contribution is 6.31. The Bertz CT molecular complexity index is 798. The summed E-state index contributed by atoms with van der Waals surface area (Å²) in [6, 6.07) is 14.3. The van der Waals surface area contributed by atoms with Crippen molar-refractivity contribution in [2.45, 2.75) is 13.0 Å². The van der Waals surface area contributed by atoms with Crippen molar-refractivity contribution in [3.63, 3.8) is 0 Å². The van der Waals surface area contributed by atoms with Crippen LogP contribution in [-0.2, 0) is 9.59 Å². The van der Waals surface area contributed by atoms with Gasteiger partial charge in [-0.05, 0) is 30.7 Å². The van der Waals surface area contributed by atoms with Gasteiger partial charge in [0, 0.05) is 16.8 Å². The summed E-state index contributed by atoms with van der Waals surface area (Å²) < 4.78 is 5.13. The number of ether oxygens (including phenoxy) is 1. The molecule has 0 spiro atoms. The molecule has 27 heavy (non-hydrogen) atoms. The van der Waals surface area contributed by atoms with Crippen molar-refractivity contribution < 1.29 is 19.2 Å². The fourth-order valence-electron chi connectivity index (χ4n) is 2.71. The summed E-state index contributed by atoms with van der Waals surface area (Å²) >= 11 is 6.16. The minimum Gasteiger partial charge on any atom is -0.497 e. The largest absolute Gasteiger partial charge is 0.497 e. The number of carbonyl (C=O) groups is 2. The van der Waals surface area contributed by atoms with Crippen molar-refractivity contribution in [2.24, 2.45) is 0 Å². The molecule has 0 aliphatic rings. The molecular formula is C20H25ClN3O3+. The molecule has 0 saturated carbocycles. The SMILES string of the molecule is COc1cccc(NC(=O)C[NH+](C)CC(=O)N[C@@H](C)c2ccccc2Cl)c1. The van der Waals surface area contributed by atoms with Crippen molar-refractivity contribution in [1.82, 2.24) is 5.32 Å². The van der Waals surface area contributed by atoms with Crippen LogP contribution in [0.4, 0.5) is 5.69 Å². The molecule has 144 valence electrons. The quantitative estimate of drug-likeness (QED) is 0.642. The number of anilines is 1. The number of benzene rings is 2. The summed E-state index contributed by atoms with van der Waals surface area (Å²) in [5.41, 5.74) is 1.52. The molecule has 0 saturated heterocycles. The van der Waals surface area contributed by atoms with Gasteiger partial charge in [0.1, 0.15) is 5.75 Å². The smallest absolute Gasteiger partial charge is 0.279 e. The maximum atomic E-state index is 12.2. The minimum absolute atomic E-state index is 0.144. The third-order valence-corrected chi connectivity index (χ3v) is 4.37.